The molecule has 14 nitrogen and oxygen atoms in total. The molecule has 7 unspecified atom stereocenters. The topological polar surface area (TPSA) is 164 Å². The normalized spacial score (nSPS) is 24.6. The molecule has 1 saturated carbocycles. The number of methoxy groups -OCH3 is 1. The average Bonchev–Trinajstić information content (AvgIpc) is 3.36. The first kappa shape index (κ1) is 49.6. The number of nitrogens with zero attached hydrogens (tertiary/aromatic N) is 2. The van der Waals surface area contributed by atoms with Crippen LogP contribution in [0.15, 0.2) is 96.2 Å². The summed E-state index contributed by atoms with van der Waals surface area (Å²) in [7, 11) is 1.52. The highest BCUT2D eigenvalue weighted by Crippen LogP contribution is 2.62. The number of oxime groups is 1. The molecule has 0 radical (unpaired) electrons. The highest BCUT2D eigenvalue weighted by atomic mass is 16.8. The van der Waals surface area contributed by atoms with Crippen LogP contribution in [0.1, 0.15) is 105 Å². The van der Waals surface area contributed by atoms with Crippen molar-refractivity contribution in [1.29, 1.82) is 0 Å². The van der Waals surface area contributed by atoms with E-state index in [9.17, 15) is 19.8 Å². The van der Waals surface area contributed by atoms with E-state index in [1.165, 1.54) is 7.11 Å². The van der Waals surface area contributed by atoms with E-state index in [-0.39, 0.29) is 57.2 Å². The number of fused-ring (bicyclic) bond motifs is 2. The minimum Gasteiger partial charge on any atom is -0.496 e. The molecular formula is C53H68N2O12. The number of benzene rings is 3. The van der Waals surface area contributed by atoms with Crippen molar-refractivity contribution in [2.24, 2.45) is 22.9 Å². The number of hydrogen-bond acceptors (Lipinski definition) is 13. The first-order valence-electron chi connectivity index (χ1n) is 24.1. The molecule has 1 saturated heterocycles. The van der Waals surface area contributed by atoms with Gasteiger partial charge in [0.1, 0.15) is 35.6 Å². The molecule has 0 bridgehead atoms. The van der Waals surface area contributed by atoms with Crippen LogP contribution in [0.4, 0.5) is 4.79 Å². The van der Waals surface area contributed by atoms with E-state index >= 15 is 0 Å². The van der Waals surface area contributed by atoms with Gasteiger partial charge in [0.15, 0.2) is 6.29 Å². The summed E-state index contributed by atoms with van der Waals surface area (Å²) in [6, 6.07) is 19.9. The molecule has 4 aliphatic rings. The van der Waals surface area contributed by atoms with E-state index in [2.05, 4.69) is 12.7 Å². The third-order valence-corrected chi connectivity index (χ3v) is 13.3. The summed E-state index contributed by atoms with van der Waals surface area (Å²) in [5, 5.41) is 24.9. The smallest absolute Gasteiger partial charge is 0.410 e. The maximum absolute atomic E-state index is 14.6. The minimum atomic E-state index is -1.46. The Kier molecular flexibility index (Phi) is 18.3. The van der Waals surface area contributed by atoms with Crippen LogP contribution >= 0.6 is 0 Å². The molecule has 67 heavy (non-hydrogen) atoms. The number of aliphatic hydroxyl groups is 2. The highest BCUT2D eigenvalue weighted by Gasteiger charge is 2.65. The van der Waals surface area contributed by atoms with Crippen LogP contribution in [0.25, 0.3) is 0 Å². The second-order valence-corrected chi connectivity index (χ2v) is 17.6. The Bertz CT molecular complexity index is 2140. The monoisotopic (exact) mass is 924 g/mol. The Hall–Kier alpha value is -5.25. The molecule has 14 heteroatoms. The minimum absolute atomic E-state index is 0.00203. The number of aliphatic hydroxyl groups excluding tert-OH is 2. The quantitative estimate of drug-likeness (QED) is 0.0359. The molecule has 2 heterocycles. The summed E-state index contributed by atoms with van der Waals surface area (Å²) in [5.74, 6) is -0.205. The van der Waals surface area contributed by atoms with Gasteiger partial charge in [-0.05, 0) is 104 Å². The predicted octanol–water partition coefficient (Wildman–Crippen LogP) is 9.53. The molecule has 7 atom stereocenters. The highest BCUT2D eigenvalue weighted by molar-refractivity contribution is 6.03. The largest absolute Gasteiger partial charge is 0.496 e. The number of carbonyl (C=O) groups is 2. The Labute approximate surface area is 394 Å². The first-order chi connectivity index (χ1) is 32.9. The predicted molar refractivity (Wildman–Crippen MR) is 253 cm³/mol. The molecule has 2 aliphatic heterocycles. The molecule has 3 aromatic carbocycles. The fourth-order valence-corrected chi connectivity index (χ4v) is 10.3. The summed E-state index contributed by atoms with van der Waals surface area (Å²) in [5.41, 5.74) is 3.86. The Morgan fingerprint density at radius 2 is 1.78 bits per heavy atom. The molecule has 2 fully saturated rings. The van der Waals surface area contributed by atoms with Crippen molar-refractivity contribution in [1.82, 2.24) is 4.90 Å². The average molecular weight is 925 g/mol. The van der Waals surface area contributed by atoms with Gasteiger partial charge < -0.3 is 48.2 Å². The summed E-state index contributed by atoms with van der Waals surface area (Å²) in [6.45, 7) is 7.89. The van der Waals surface area contributed by atoms with Crippen LogP contribution in [0.3, 0.4) is 0 Å². The van der Waals surface area contributed by atoms with Crippen molar-refractivity contribution in [2.75, 3.05) is 53.3 Å². The number of hydrogen-bond donors (Lipinski definition) is 2. The number of amides is 1. The fourth-order valence-electron chi connectivity index (χ4n) is 10.3. The lowest BCUT2D eigenvalue weighted by Gasteiger charge is -2.60. The van der Waals surface area contributed by atoms with Crippen molar-refractivity contribution < 1.29 is 57.8 Å². The van der Waals surface area contributed by atoms with E-state index in [1.807, 2.05) is 55.5 Å². The zero-order chi connectivity index (χ0) is 47.0. The van der Waals surface area contributed by atoms with Crippen LogP contribution in [-0.2, 0) is 30.4 Å². The van der Waals surface area contributed by atoms with Gasteiger partial charge >= 0.3 is 6.09 Å². The zero-order valence-corrected chi connectivity index (χ0v) is 39.1. The lowest BCUT2D eigenvalue weighted by Crippen LogP contribution is -2.70. The standard InChI is InChI=1S/C53H68N2O12/c1-4-24-55(52(59)63-30-29-61-36-37-15-7-6-8-16-37)48-34-45(54-67-49-19-11-14-28-62-49)43-32-38(17-9-12-25-56)42(18-10-13-26-57)50-44-33-41(65-40-20-22-46(60-3)39(31-40)35-58)21-23-47(44)66-53(48,51(43)50)64-27-5-2/h5-8,15-16,20-23,31-33,35,38,42,48-51,56-57H,2,4,9-14,17-19,24-30,34,36H2,1,3H3. The molecular weight excluding hydrogens is 857 g/mol. The van der Waals surface area contributed by atoms with Crippen LogP contribution < -0.4 is 14.2 Å². The van der Waals surface area contributed by atoms with Gasteiger partial charge in [-0.15, -0.1) is 6.58 Å². The molecule has 7 rings (SSSR count). The van der Waals surface area contributed by atoms with Gasteiger partial charge in [-0.25, -0.2) is 4.79 Å². The number of ether oxygens (including phenoxy) is 7. The van der Waals surface area contributed by atoms with E-state index in [0.29, 0.717) is 79.7 Å². The number of aldehydes is 1. The molecule has 2 aliphatic carbocycles. The fraction of sp³-hybridized carbons (Fsp3) is 0.528. The van der Waals surface area contributed by atoms with Crippen molar-refractivity contribution >= 4 is 18.1 Å². The summed E-state index contributed by atoms with van der Waals surface area (Å²) in [4.78, 5) is 34.6. The van der Waals surface area contributed by atoms with E-state index in [0.717, 1.165) is 61.5 Å². The van der Waals surface area contributed by atoms with E-state index < -0.39 is 30.1 Å². The van der Waals surface area contributed by atoms with Gasteiger partial charge in [-0.3, -0.25) is 9.69 Å². The summed E-state index contributed by atoms with van der Waals surface area (Å²) >= 11 is 0. The molecule has 0 aromatic heterocycles. The number of allylic oxidation sites excluding steroid dienone is 1. The summed E-state index contributed by atoms with van der Waals surface area (Å²) in [6.07, 6.45) is 11.6. The lowest BCUT2D eigenvalue weighted by atomic mass is 9.55. The summed E-state index contributed by atoms with van der Waals surface area (Å²) < 4.78 is 44.3. The molecule has 3 aromatic rings. The molecule has 2 N–H and O–H groups in total. The van der Waals surface area contributed by atoms with Crippen LogP contribution in [0, 0.1) is 17.8 Å². The van der Waals surface area contributed by atoms with Crippen molar-refractivity contribution in [2.45, 2.75) is 108 Å². The second-order valence-electron chi connectivity index (χ2n) is 17.6. The van der Waals surface area contributed by atoms with Gasteiger partial charge in [0, 0.05) is 44.1 Å². The molecule has 0 spiro atoms. The SMILES string of the molecule is C=CCOC12Oc3ccc(Oc4ccc(OC)c(C=O)c4)cc3C3C(CCCCO)C(CCCCO)C=C(C(=NOC4CCCCO4)CC1N(CCC)C(=O)OCCOCc1ccccc1)C32. The van der Waals surface area contributed by atoms with Crippen molar-refractivity contribution in [3.8, 4) is 23.0 Å². The number of unbranched alkanes of at least 4 members (excludes halogenated alkanes) is 2. The number of carbonyl (C=O) groups excluding carboxylic acids is 2. The van der Waals surface area contributed by atoms with Crippen LogP contribution in [0.2, 0.25) is 0 Å². The Morgan fingerprint density at radius 3 is 2.51 bits per heavy atom. The second kappa shape index (κ2) is 24.7. The van der Waals surface area contributed by atoms with E-state index in [4.69, 9.17) is 43.2 Å². The van der Waals surface area contributed by atoms with Crippen LogP contribution in [-0.4, -0.2) is 105 Å². The maximum atomic E-state index is 14.6. The van der Waals surface area contributed by atoms with Crippen LogP contribution in [0.5, 0.6) is 23.0 Å². The zero-order valence-electron chi connectivity index (χ0n) is 39.1. The third-order valence-electron chi connectivity index (χ3n) is 13.3. The van der Waals surface area contributed by atoms with E-state index in [1.54, 1.807) is 29.2 Å². The van der Waals surface area contributed by atoms with Crippen molar-refractivity contribution in [3.05, 3.63) is 108 Å². The van der Waals surface area contributed by atoms with Gasteiger partial charge in [0.25, 0.3) is 0 Å². The van der Waals surface area contributed by atoms with Gasteiger partial charge in [0.2, 0.25) is 12.1 Å². The Balaban J connectivity index is 1.35. The first-order valence-corrected chi connectivity index (χ1v) is 24.1. The van der Waals surface area contributed by atoms with Gasteiger partial charge in [-0.2, -0.15) is 0 Å². The maximum Gasteiger partial charge on any atom is 0.410 e. The molecule has 362 valence electrons. The van der Waals surface area contributed by atoms with Crippen molar-refractivity contribution in [3.63, 3.8) is 0 Å². The lowest BCUT2D eigenvalue weighted by molar-refractivity contribution is -0.255. The molecule has 1 amide bonds. The Morgan fingerprint density at radius 1 is 0.985 bits per heavy atom. The number of rotatable bonds is 25. The van der Waals surface area contributed by atoms with Gasteiger partial charge in [-0.1, -0.05) is 67.4 Å². The third kappa shape index (κ3) is 11.9. The van der Waals surface area contributed by atoms with Gasteiger partial charge in [0.05, 0.1) is 50.7 Å².